The Morgan fingerprint density at radius 1 is 1.71 bits per heavy atom. The molecule has 0 saturated carbocycles. The molecule has 2 heteroatoms. The Balaban J connectivity index is 3.36. The van der Waals surface area contributed by atoms with E-state index in [0.29, 0.717) is 0 Å². The van der Waals surface area contributed by atoms with Crippen LogP contribution < -0.4 is 5.32 Å². The zero-order valence-electron chi connectivity index (χ0n) is 5.28. The molecule has 1 nitrogen and oxygen atoms in total. The Morgan fingerprint density at radius 2 is 2.14 bits per heavy atom. The van der Waals surface area contributed by atoms with Gasteiger partial charge < -0.3 is 5.32 Å². The van der Waals surface area contributed by atoms with Gasteiger partial charge in [-0.05, 0) is 20.4 Å². The van der Waals surface area contributed by atoms with E-state index in [0.717, 1.165) is 6.42 Å². The van der Waals surface area contributed by atoms with Crippen molar-refractivity contribution in [2.24, 2.45) is 0 Å². The fourth-order valence-corrected chi connectivity index (χ4v) is 0.177. The van der Waals surface area contributed by atoms with Crippen LogP contribution in [0.25, 0.3) is 0 Å². The van der Waals surface area contributed by atoms with Gasteiger partial charge in [0, 0.05) is 5.28 Å². The quantitative estimate of drug-likeness (QED) is 0.539. The Hall–Kier alpha value is 0.390. The van der Waals surface area contributed by atoms with Crippen molar-refractivity contribution in [1.29, 1.82) is 0 Å². The second-order valence-electron chi connectivity index (χ2n) is 2.02. The molecule has 0 saturated heterocycles. The standard InChI is InChI=1S/C5H14NP/c1-4-5(2,7)6-3/h6H,4,7H2,1-3H3. The molecular weight excluding hydrogens is 105 g/mol. The van der Waals surface area contributed by atoms with Gasteiger partial charge in [-0.3, -0.25) is 0 Å². The SMILES string of the molecule is CCC(C)(P)NC. The first kappa shape index (κ1) is 7.39. The van der Waals surface area contributed by atoms with E-state index in [4.69, 9.17) is 0 Å². The number of nitrogens with one attached hydrogen (secondary N) is 1. The van der Waals surface area contributed by atoms with Crippen LogP contribution in [0.2, 0.25) is 0 Å². The highest BCUT2D eigenvalue weighted by Crippen LogP contribution is 2.15. The van der Waals surface area contributed by atoms with Gasteiger partial charge in [0.15, 0.2) is 0 Å². The van der Waals surface area contributed by atoms with Crippen LogP contribution in [0.3, 0.4) is 0 Å². The van der Waals surface area contributed by atoms with Crippen molar-refractivity contribution in [2.45, 2.75) is 25.5 Å². The van der Waals surface area contributed by atoms with E-state index in [2.05, 4.69) is 28.4 Å². The Morgan fingerprint density at radius 3 is 2.14 bits per heavy atom. The van der Waals surface area contributed by atoms with Crippen LogP contribution in [0.5, 0.6) is 0 Å². The maximum Gasteiger partial charge on any atom is 0.0289 e. The smallest absolute Gasteiger partial charge is 0.0289 e. The minimum atomic E-state index is 0.250. The molecule has 0 radical (unpaired) electrons. The topological polar surface area (TPSA) is 12.0 Å². The number of hydrogen-bond donors (Lipinski definition) is 1. The Labute approximate surface area is 48.1 Å². The lowest BCUT2D eigenvalue weighted by Crippen LogP contribution is -2.31. The molecule has 7 heavy (non-hydrogen) atoms. The van der Waals surface area contributed by atoms with Crippen LogP contribution in [-0.4, -0.2) is 12.3 Å². The molecule has 2 unspecified atom stereocenters. The second-order valence-corrected chi connectivity index (χ2v) is 3.30. The van der Waals surface area contributed by atoms with E-state index in [-0.39, 0.29) is 5.28 Å². The Kier molecular flexibility index (Phi) is 2.78. The van der Waals surface area contributed by atoms with Gasteiger partial charge in [0.1, 0.15) is 0 Å². The van der Waals surface area contributed by atoms with Crippen molar-refractivity contribution >= 4 is 9.24 Å². The van der Waals surface area contributed by atoms with E-state index < -0.39 is 0 Å². The lowest BCUT2D eigenvalue weighted by molar-refractivity contribution is 0.538. The third kappa shape index (κ3) is 3.02. The second kappa shape index (κ2) is 2.64. The monoisotopic (exact) mass is 119 g/mol. The average molecular weight is 119 g/mol. The summed E-state index contributed by atoms with van der Waals surface area (Å²) in [6.45, 7) is 4.31. The van der Waals surface area contributed by atoms with E-state index in [1.165, 1.54) is 0 Å². The summed E-state index contributed by atoms with van der Waals surface area (Å²) < 4.78 is 0. The molecule has 0 amide bonds. The number of hydrogen-bond acceptors (Lipinski definition) is 1. The maximum atomic E-state index is 3.15. The van der Waals surface area contributed by atoms with Gasteiger partial charge >= 0.3 is 0 Å². The minimum Gasteiger partial charge on any atom is -0.311 e. The molecule has 0 aliphatic heterocycles. The van der Waals surface area contributed by atoms with Crippen molar-refractivity contribution in [2.75, 3.05) is 7.05 Å². The third-order valence-electron chi connectivity index (χ3n) is 1.31. The molecule has 0 heterocycles. The van der Waals surface area contributed by atoms with Crippen molar-refractivity contribution < 1.29 is 0 Å². The van der Waals surface area contributed by atoms with Gasteiger partial charge in [0.05, 0.1) is 0 Å². The highest BCUT2D eigenvalue weighted by atomic mass is 31.0. The summed E-state index contributed by atoms with van der Waals surface area (Å²) in [5, 5.41) is 3.40. The summed E-state index contributed by atoms with van der Waals surface area (Å²) in [5.41, 5.74) is 0. The van der Waals surface area contributed by atoms with E-state index in [1.54, 1.807) is 0 Å². The molecule has 0 aromatic rings. The summed E-state index contributed by atoms with van der Waals surface area (Å²) >= 11 is 0. The molecule has 0 aliphatic rings. The van der Waals surface area contributed by atoms with E-state index in [1.807, 2.05) is 7.05 Å². The minimum absolute atomic E-state index is 0.250. The maximum absolute atomic E-state index is 3.15. The first-order valence-electron chi connectivity index (χ1n) is 2.60. The van der Waals surface area contributed by atoms with Gasteiger partial charge in [-0.15, -0.1) is 9.24 Å². The lowest BCUT2D eigenvalue weighted by Gasteiger charge is -2.20. The molecule has 44 valence electrons. The molecular formula is C5H14NP. The summed E-state index contributed by atoms with van der Waals surface area (Å²) in [5.74, 6) is 0. The average Bonchev–Trinajstić information content (AvgIpc) is 1.68. The molecule has 0 aromatic heterocycles. The molecule has 0 rings (SSSR count). The van der Waals surface area contributed by atoms with Crippen LogP contribution in [-0.2, 0) is 0 Å². The fraction of sp³-hybridized carbons (Fsp3) is 1.00. The highest BCUT2D eigenvalue weighted by Gasteiger charge is 2.08. The van der Waals surface area contributed by atoms with E-state index >= 15 is 0 Å². The van der Waals surface area contributed by atoms with Gasteiger partial charge in [-0.25, -0.2) is 0 Å². The van der Waals surface area contributed by atoms with Crippen molar-refractivity contribution in [3.05, 3.63) is 0 Å². The van der Waals surface area contributed by atoms with Crippen molar-refractivity contribution in [1.82, 2.24) is 5.32 Å². The lowest BCUT2D eigenvalue weighted by atomic mass is 10.2. The number of rotatable bonds is 2. The summed E-state index contributed by atoms with van der Waals surface area (Å²) in [7, 11) is 4.73. The first-order valence-corrected chi connectivity index (χ1v) is 3.18. The molecule has 2 atom stereocenters. The van der Waals surface area contributed by atoms with Crippen LogP contribution in [0.4, 0.5) is 0 Å². The molecule has 1 N–H and O–H groups in total. The first-order chi connectivity index (χ1) is 3.12. The van der Waals surface area contributed by atoms with Gasteiger partial charge in [0.25, 0.3) is 0 Å². The predicted octanol–water partition coefficient (Wildman–Crippen LogP) is 1.21. The molecule has 0 aromatic carbocycles. The zero-order chi connectivity index (χ0) is 5.91. The van der Waals surface area contributed by atoms with E-state index in [9.17, 15) is 0 Å². The summed E-state index contributed by atoms with van der Waals surface area (Å²) in [6, 6.07) is 0. The molecule has 0 aliphatic carbocycles. The fourth-order valence-electron chi connectivity index (χ4n) is 0.177. The van der Waals surface area contributed by atoms with Gasteiger partial charge in [-0.1, -0.05) is 6.92 Å². The Bertz CT molecular complexity index is 46.0. The van der Waals surface area contributed by atoms with Crippen LogP contribution in [0.1, 0.15) is 20.3 Å². The van der Waals surface area contributed by atoms with Crippen LogP contribution in [0.15, 0.2) is 0 Å². The van der Waals surface area contributed by atoms with Crippen LogP contribution in [0, 0.1) is 0 Å². The predicted molar refractivity (Wildman–Crippen MR) is 37.5 cm³/mol. The summed E-state index contributed by atoms with van der Waals surface area (Å²) in [4.78, 5) is 0. The third-order valence-corrected chi connectivity index (χ3v) is 2.00. The zero-order valence-corrected chi connectivity index (χ0v) is 6.44. The summed E-state index contributed by atoms with van der Waals surface area (Å²) in [6.07, 6.45) is 1.15. The van der Waals surface area contributed by atoms with Gasteiger partial charge in [-0.2, -0.15) is 0 Å². The van der Waals surface area contributed by atoms with Crippen LogP contribution >= 0.6 is 9.24 Å². The van der Waals surface area contributed by atoms with Crippen molar-refractivity contribution in [3.63, 3.8) is 0 Å². The van der Waals surface area contributed by atoms with Crippen molar-refractivity contribution in [3.8, 4) is 0 Å². The highest BCUT2D eigenvalue weighted by molar-refractivity contribution is 7.18. The molecule has 0 bridgehead atoms. The normalized spacial score (nSPS) is 18.9. The van der Waals surface area contributed by atoms with Gasteiger partial charge in [0.2, 0.25) is 0 Å². The largest absolute Gasteiger partial charge is 0.311 e. The molecule has 0 spiro atoms. The molecule has 0 fully saturated rings.